The van der Waals surface area contributed by atoms with Gasteiger partial charge < -0.3 is 10.2 Å². The van der Waals surface area contributed by atoms with Crippen LogP contribution < -0.4 is 10.2 Å². The summed E-state index contributed by atoms with van der Waals surface area (Å²) in [6.07, 6.45) is 5.67. The van der Waals surface area contributed by atoms with Crippen molar-refractivity contribution in [3.8, 4) is 0 Å². The number of anilines is 1. The standard InChI is InChI=1S/C23H29N3O3/c1-3-25-21(28)17-6-4-5-7-19(17)26-20(27)10-11-23(25,26)22(29)24-14(2)18-13-15-8-9-16(18)12-15/h4-7,14-16,18H,3,8-13H2,1-2H3,(H,24,29)/t14-,15+,16+,18+,23+/m1/s1. The van der Waals surface area contributed by atoms with E-state index in [0.29, 0.717) is 36.1 Å². The number of para-hydroxylation sites is 1. The maximum atomic E-state index is 13.7. The third kappa shape index (κ3) is 2.50. The highest BCUT2D eigenvalue weighted by Gasteiger charge is 2.60. The molecule has 2 bridgehead atoms. The van der Waals surface area contributed by atoms with Gasteiger partial charge in [-0.25, -0.2) is 0 Å². The number of benzene rings is 1. The van der Waals surface area contributed by atoms with E-state index in [4.69, 9.17) is 0 Å². The second-order valence-electron chi connectivity index (χ2n) is 9.21. The molecule has 1 aromatic rings. The molecule has 6 nitrogen and oxygen atoms in total. The molecular formula is C23H29N3O3. The molecule has 29 heavy (non-hydrogen) atoms. The van der Waals surface area contributed by atoms with Crippen molar-refractivity contribution in [2.75, 3.05) is 11.4 Å². The molecule has 5 rings (SSSR count). The molecule has 154 valence electrons. The van der Waals surface area contributed by atoms with E-state index in [0.717, 1.165) is 5.92 Å². The number of fused-ring (bicyclic) bond motifs is 5. The summed E-state index contributed by atoms with van der Waals surface area (Å²) in [6.45, 7) is 4.35. The lowest BCUT2D eigenvalue weighted by Gasteiger charge is -2.49. The summed E-state index contributed by atoms with van der Waals surface area (Å²) in [4.78, 5) is 43.1. The Morgan fingerprint density at radius 2 is 2.03 bits per heavy atom. The highest BCUT2D eigenvalue weighted by Crippen LogP contribution is 2.50. The largest absolute Gasteiger partial charge is 0.350 e. The first kappa shape index (κ1) is 18.6. The Morgan fingerprint density at radius 1 is 1.24 bits per heavy atom. The maximum Gasteiger partial charge on any atom is 0.267 e. The van der Waals surface area contributed by atoms with E-state index >= 15 is 0 Å². The zero-order valence-corrected chi connectivity index (χ0v) is 17.2. The molecule has 4 aliphatic rings. The van der Waals surface area contributed by atoms with E-state index in [1.807, 2.05) is 13.0 Å². The summed E-state index contributed by atoms with van der Waals surface area (Å²) < 4.78 is 0. The minimum Gasteiger partial charge on any atom is -0.350 e. The van der Waals surface area contributed by atoms with Gasteiger partial charge in [0.05, 0.1) is 11.3 Å². The fraction of sp³-hybridized carbons (Fsp3) is 0.609. The van der Waals surface area contributed by atoms with Crippen LogP contribution in [0.15, 0.2) is 24.3 Å². The molecule has 1 N–H and O–H groups in total. The number of carbonyl (C=O) groups is 3. The normalized spacial score (nSPS) is 33.7. The predicted octanol–water partition coefficient (Wildman–Crippen LogP) is 2.93. The van der Waals surface area contributed by atoms with E-state index in [1.54, 1.807) is 28.0 Å². The van der Waals surface area contributed by atoms with Crippen LogP contribution in [0.2, 0.25) is 0 Å². The number of nitrogens with zero attached hydrogens (tertiary/aromatic N) is 2. The zero-order valence-electron chi connectivity index (χ0n) is 17.2. The first-order valence-corrected chi connectivity index (χ1v) is 11.0. The first-order valence-electron chi connectivity index (χ1n) is 11.0. The Balaban J connectivity index is 1.50. The van der Waals surface area contributed by atoms with Crippen molar-refractivity contribution in [2.24, 2.45) is 17.8 Å². The van der Waals surface area contributed by atoms with Crippen molar-refractivity contribution in [2.45, 2.75) is 64.1 Å². The van der Waals surface area contributed by atoms with E-state index < -0.39 is 5.66 Å². The lowest BCUT2D eigenvalue weighted by Crippen LogP contribution is -2.71. The van der Waals surface area contributed by atoms with Gasteiger partial charge in [0.15, 0.2) is 0 Å². The van der Waals surface area contributed by atoms with Gasteiger partial charge in [-0.1, -0.05) is 18.6 Å². The summed E-state index contributed by atoms with van der Waals surface area (Å²) in [5.74, 6) is 1.54. The highest BCUT2D eigenvalue weighted by atomic mass is 16.2. The molecule has 0 aromatic heterocycles. The van der Waals surface area contributed by atoms with Gasteiger partial charge in [0, 0.05) is 25.4 Å². The van der Waals surface area contributed by atoms with E-state index in [-0.39, 0.29) is 30.2 Å². The lowest BCUT2D eigenvalue weighted by molar-refractivity contribution is -0.134. The summed E-state index contributed by atoms with van der Waals surface area (Å²) >= 11 is 0. The quantitative estimate of drug-likeness (QED) is 0.852. The molecular weight excluding hydrogens is 366 g/mol. The molecule has 3 amide bonds. The van der Waals surface area contributed by atoms with Crippen LogP contribution in [0.3, 0.4) is 0 Å². The van der Waals surface area contributed by atoms with Gasteiger partial charge in [-0.3, -0.25) is 19.3 Å². The van der Waals surface area contributed by atoms with Crippen LogP contribution >= 0.6 is 0 Å². The number of carbonyl (C=O) groups excluding carboxylic acids is 3. The maximum absolute atomic E-state index is 13.7. The molecule has 0 radical (unpaired) electrons. The van der Waals surface area contributed by atoms with Crippen molar-refractivity contribution in [1.29, 1.82) is 0 Å². The number of hydrogen-bond acceptors (Lipinski definition) is 3. The van der Waals surface area contributed by atoms with Gasteiger partial charge in [-0.2, -0.15) is 0 Å². The van der Waals surface area contributed by atoms with Crippen LogP contribution in [0.25, 0.3) is 0 Å². The number of nitrogens with one attached hydrogen (secondary N) is 1. The van der Waals surface area contributed by atoms with Crippen LogP contribution in [0.5, 0.6) is 0 Å². The second-order valence-corrected chi connectivity index (χ2v) is 9.21. The van der Waals surface area contributed by atoms with Crippen molar-refractivity contribution in [3.63, 3.8) is 0 Å². The van der Waals surface area contributed by atoms with Gasteiger partial charge in [-0.05, 0) is 63.0 Å². The molecule has 6 heteroatoms. The van der Waals surface area contributed by atoms with Crippen LogP contribution in [0.4, 0.5) is 5.69 Å². The summed E-state index contributed by atoms with van der Waals surface area (Å²) in [6, 6.07) is 7.20. The predicted molar refractivity (Wildman–Crippen MR) is 109 cm³/mol. The van der Waals surface area contributed by atoms with Crippen LogP contribution in [0, 0.1) is 17.8 Å². The van der Waals surface area contributed by atoms with E-state index in [2.05, 4.69) is 12.2 Å². The molecule has 3 fully saturated rings. The molecule has 1 saturated heterocycles. The molecule has 0 spiro atoms. The summed E-state index contributed by atoms with van der Waals surface area (Å²) in [5.41, 5.74) is -0.190. The molecule has 2 saturated carbocycles. The topological polar surface area (TPSA) is 69.7 Å². The van der Waals surface area contributed by atoms with Crippen molar-refractivity contribution in [1.82, 2.24) is 10.2 Å². The molecule has 0 unspecified atom stereocenters. The van der Waals surface area contributed by atoms with Crippen LogP contribution in [-0.2, 0) is 9.59 Å². The number of rotatable bonds is 4. The van der Waals surface area contributed by atoms with E-state index in [1.165, 1.54) is 25.7 Å². The number of likely N-dealkylation sites (N-methyl/N-ethyl adjacent to an activating group) is 1. The zero-order chi connectivity index (χ0) is 20.3. The average Bonchev–Trinajstić information content (AvgIpc) is 3.43. The van der Waals surface area contributed by atoms with Gasteiger partial charge >= 0.3 is 0 Å². The van der Waals surface area contributed by atoms with Gasteiger partial charge in [0.2, 0.25) is 11.6 Å². The molecule has 2 aliphatic carbocycles. The third-order valence-corrected chi connectivity index (χ3v) is 7.85. The highest BCUT2D eigenvalue weighted by molar-refractivity contribution is 6.16. The Hall–Kier alpha value is -2.37. The fourth-order valence-electron chi connectivity index (χ4n) is 6.54. The molecule has 1 aromatic carbocycles. The first-order chi connectivity index (χ1) is 14.0. The monoisotopic (exact) mass is 395 g/mol. The third-order valence-electron chi connectivity index (χ3n) is 7.85. The smallest absolute Gasteiger partial charge is 0.267 e. The molecule has 5 atom stereocenters. The van der Waals surface area contributed by atoms with Crippen LogP contribution in [-0.4, -0.2) is 40.9 Å². The Morgan fingerprint density at radius 3 is 2.72 bits per heavy atom. The number of hydrogen-bond donors (Lipinski definition) is 1. The Bertz CT molecular complexity index is 884. The minimum atomic E-state index is -1.25. The SMILES string of the molecule is CCN1C(=O)c2ccccc2N2C(=O)CC[C@]12C(=O)N[C@H](C)[C@@H]1C[C@H]2CC[C@H]1C2. The number of amides is 3. The van der Waals surface area contributed by atoms with Gasteiger partial charge in [0.25, 0.3) is 11.8 Å². The Kier molecular flexibility index (Phi) is 4.23. The van der Waals surface area contributed by atoms with Crippen molar-refractivity contribution in [3.05, 3.63) is 29.8 Å². The lowest BCUT2D eigenvalue weighted by atomic mass is 9.83. The Labute approximate surface area is 171 Å². The van der Waals surface area contributed by atoms with Gasteiger partial charge in [0.1, 0.15) is 0 Å². The molecule has 2 heterocycles. The van der Waals surface area contributed by atoms with Crippen molar-refractivity contribution < 1.29 is 14.4 Å². The van der Waals surface area contributed by atoms with E-state index in [9.17, 15) is 14.4 Å². The minimum absolute atomic E-state index is 0.0516. The summed E-state index contributed by atoms with van der Waals surface area (Å²) in [5, 5.41) is 3.25. The van der Waals surface area contributed by atoms with Crippen molar-refractivity contribution >= 4 is 23.4 Å². The van der Waals surface area contributed by atoms with Gasteiger partial charge in [-0.15, -0.1) is 0 Å². The molecule has 2 aliphatic heterocycles. The van der Waals surface area contributed by atoms with Crippen LogP contribution in [0.1, 0.15) is 62.7 Å². The fourth-order valence-corrected chi connectivity index (χ4v) is 6.54. The average molecular weight is 396 g/mol. The second kappa shape index (κ2) is 6.57. The summed E-state index contributed by atoms with van der Waals surface area (Å²) in [7, 11) is 0.